The Balaban J connectivity index is 1.83. The molecule has 2 aromatic rings. The monoisotopic (exact) mass is 327 g/mol. The molecular formula is C18H21N3O3. The summed E-state index contributed by atoms with van der Waals surface area (Å²) in [5, 5.41) is 12.8. The number of benzene rings is 1. The lowest BCUT2D eigenvalue weighted by Gasteiger charge is -2.25. The fraction of sp³-hybridized carbons (Fsp3) is 0.389. The molecule has 3 rings (SSSR count). The van der Waals surface area contributed by atoms with Crippen LogP contribution in [0.15, 0.2) is 30.3 Å². The highest BCUT2D eigenvalue weighted by atomic mass is 16.4. The first kappa shape index (κ1) is 16.4. The van der Waals surface area contributed by atoms with Crippen LogP contribution in [0.25, 0.3) is 10.9 Å². The number of nitrogens with one attached hydrogen (secondary N) is 1. The van der Waals surface area contributed by atoms with Crippen LogP contribution >= 0.6 is 0 Å². The number of carboxylic acid groups (broad SMARTS) is 1. The number of nitrogens with zero attached hydrogens (tertiary/aromatic N) is 2. The molecule has 2 heterocycles. The molecule has 1 fully saturated rings. The number of para-hydroxylation sites is 1. The molecule has 24 heavy (non-hydrogen) atoms. The highest BCUT2D eigenvalue weighted by molar-refractivity contribution is 6.05. The van der Waals surface area contributed by atoms with Crippen molar-refractivity contribution in [3.05, 3.63) is 41.6 Å². The van der Waals surface area contributed by atoms with Crippen molar-refractivity contribution in [1.29, 1.82) is 0 Å². The average molecular weight is 327 g/mol. The molecular weight excluding hydrogens is 306 g/mol. The van der Waals surface area contributed by atoms with E-state index in [0.717, 1.165) is 23.0 Å². The molecule has 1 aliphatic heterocycles. The predicted molar refractivity (Wildman–Crippen MR) is 91.0 cm³/mol. The van der Waals surface area contributed by atoms with Gasteiger partial charge in [0.15, 0.2) is 0 Å². The van der Waals surface area contributed by atoms with Crippen LogP contribution in [0.5, 0.6) is 0 Å². The number of likely N-dealkylation sites (tertiary alicyclic amines) is 1. The predicted octanol–water partition coefficient (Wildman–Crippen LogP) is 1.82. The van der Waals surface area contributed by atoms with E-state index in [0.29, 0.717) is 18.7 Å². The number of carboxylic acids is 1. The normalized spacial score (nSPS) is 20.5. The van der Waals surface area contributed by atoms with Gasteiger partial charge in [-0.25, -0.2) is 0 Å². The third-order valence-corrected chi connectivity index (χ3v) is 4.52. The molecule has 0 aliphatic carbocycles. The molecule has 0 saturated carbocycles. The van der Waals surface area contributed by atoms with E-state index in [-0.39, 0.29) is 18.0 Å². The second-order valence-corrected chi connectivity index (χ2v) is 6.61. The van der Waals surface area contributed by atoms with Gasteiger partial charge in [0.2, 0.25) is 0 Å². The third-order valence-electron chi connectivity index (χ3n) is 4.52. The number of aryl methyl sites for hydroxylation is 1. The lowest BCUT2D eigenvalue weighted by atomic mass is 10.0. The van der Waals surface area contributed by atoms with Crippen molar-refractivity contribution in [2.45, 2.75) is 25.8 Å². The molecule has 1 aromatic heterocycles. The topological polar surface area (TPSA) is 82.5 Å². The van der Waals surface area contributed by atoms with E-state index in [1.807, 2.05) is 38.1 Å². The van der Waals surface area contributed by atoms with Gasteiger partial charge in [-0.2, -0.15) is 0 Å². The highest BCUT2D eigenvalue weighted by Gasteiger charge is 2.36. The number of aliphatic carboxylic acids is 1. The van der Waals surface area contributed by atoms with Gasteiger partial charge >= 0.3 is 5.97 Å². The van der Waals surface area contributed by atoms with E-state index in [1.54, 1.807) is 11.0 Å². The standard InChI is InChI=1S/C18H21N3O3/c1-12-6-7-13-4-3-5-14(16(13)20-12)17(24)21-9-8-18(2,11-21)19-10-15(22)23/h3-7,19H,8-11H2,1-2H3,(H,22,23). The molecule has 126 valence electrons. The summed E-state index contributed by atoms with van der Waals surface area (Å²) >= 11 is 0. The van der Waals surface area contributed by atoms with Crippen LogP contribution in [0, 0.1) is 6.92 Å². The molecule has 1 amide bonds. The zero-order valence-electron chi connectivity index (χ0n) is 13.9. The molecule has 0 bridgehead atoms. The first-order chi connectivity index (χ1) is 11.4. The van der Waals surface area contributed by atoms with Crippen LogP contribution in [0.4, 0.5) is 0 Å². The van der Waals surface area contributed by atoms with Crippen LogP contribution in [0.2, 0.25) is 0 Å². The summed E-state index contributed by atoms with van der Waals surface area (Å²) in [4.78, 5) is 30.0. The van der Waals surface area contributed by atoms with Gasteiger partial charge in [0.05, 0.1) is 17.6 Å². The van der Waals surface area contributed by atoms with Crippen molar-refractivity contribution in [2.24, 2.45) is 0 Å². The van der Waals surface area contributed by atoms with Crippen molar-refractivity contribution >= 4 is 22.8 Å². The maximum atomic E-state index is 12.9. The summed E-state index contributed by atoms with van der Waals surface area (Å²) in [6.45, 7) is 4.84. The van der Waals surface area contributed by atoms with Crippen LogP contribution in [0.1, 0.15) is 29.4 Å². The third kappa shape index (κ3) is 3.23. The summed E-state index contributed by atoms with van der Waals surface area (Å²) < 4.78 is 0. The zero-order chi connectivity index (χ0) is 17.3. The quantitative estimate of drug-likeness (QED) is 0.895. The Morgan fingerprint density at radius 1 is 1.33 bits per heavy atom. The van der Waals surface area contributed by atoms with Gasteiger partial charge in [0.25, 0.3) is 5.91 Å². The van der Waals surface area contributed by atoms with E-state index < -0.39 is 5.97 Å². The smallest absolute Gasteiger partial charge is 0.317 e. The lowest BCUT2D eigenvalue weighted by Crippen LogP contribution is -2.47. The maximum absolute atomic E-state index is 12.9. The summed E-state index contributed by atoms with van der Waals surface area (Å²) in [5.41, 5.74) is 1.81. The Labute approximate surface area is 140 Å². The Bertz CT molecular complexity index is 805. The van der Waals surface area contributed by atoms with Gasteiger partial charge in [-0.05, 0) is 32.4 Å². The summed E-state index contributed by atoms with van der Waals surface area (Å²) in [7, 11) is 0. The minimum absolute atomic E-state index is 0.0560. The molecule has 1 aliphatic rings. The van der Waals surface area contributed by atoms with Crippen molar-refractivity contribution < 1.29 is 14.7 Å². The summed E-state index contributed by atoms with van der Waals surface area (Å²) in [6, 6.07) is 9.51. The average Bonchev–Trinajstić information content (AvgIpc) is 2.95. The Hall–Kier alpha value is -2.47. The van der Waals surface area contributed by atoms with Crippen LogP contribution in [-0.4, -0.2) is 52.0 Å². The van der Waals surface area contributed by atoms with E-state index in [9.17, 15) is 9.59 Å². The number of hydrogen-bond donors (Lipinski definition) is 2. The molecule has 1 saturated heterocycles. The van der Waals surface area contributed by atoms with Gasteiger partial charge < -0.3 is 10.0 Å². The first-order valence-corrected chi connectivity index (χ1v) is 8.00. The molecule has 2 N–H and O–H groups in total. The molecule has 0 spiro atoms. The van der Waals surface area contributed by atoms with Crippen molar-refractivity contribution in [2.75, 3.05) is 19.6 Å². The maximum Gasteiger partial charge on any atom is 0.317 e. The van der Waals surface area contributed by atoms with Crippen LogP contribution in [0.3, 0.4) is 0 Å². The zero-order valence-corrected chi connectivity index (χ0v) is 13.9. The van der Waals surface area contributed by atoms with Crippen molar-refractivity contribution in [3.8, 4) is 0 Å². The number of amides is 1. The first-order valence-electron chi connectivity index (χ1n) is 8.00. The van der Waals surface area contributed by atoms with Crippen LogP contribution < -0.4 is 5.32 Å². The Morgan fingerprint density at radius 2 is 2.12 bits per heavy atom. The van der Waals surface area contributed by atoms with E-state index >= 15 is 0 Å². The number of carbonyl (C=O) groups excluding carboxylic acids is 1. The van der Waals surface area contributed by atoms with Crippen LogP contribution in [-0.2, 0) is 4.79 Å². The number of hydrogen-bond acceptors (Lipinski definition) is 4. The minimum Gasteiger partial charge on any atom is -0.480 e. The Kier molecular flexibility index (Phi) is 4.24. The number of carbonyl (C=O) groups is 2. The Morgan fingerprint density at radius 3 is 2.88 bits per heavy atom. The fourth-order valence-electron chi connectivity index (χ4n) is 3.16. The second-order valence-electron chi connectivity index (χ2n) is 6.61. The van der Waals surface area contributed by atoms with Gasteiger partial charge in [-0.15, -0.1) is 0 Å². The van der Waals surface area contributed by atoms with Gasteiger partial charge in [-0.3, -0.25) is 19.9 Å². The number of aromatic nitrogens is 1. The van der Waals surface area contributed by atoms with Gasteiger partial charge in [-0.1, -0.05) is 18.2 Å². The molecule has 6 heteroatoms. The largest absolute Gasteiger partial charge is 0.480 e. The van der Waals surface area contributed by atoms with E-state index in [1.165, 1.54) is 0 Å². The lowest BCUT2D eigenvalue weighted by molar-refractivity contribution is -0.136. The van der Waals surface area contributed by atoms with Gasteiger partial charge in [0, 0.05) is 29.7 Å². The summed E-state index contributed by atoms with van der Waals surface area (Å²) in [5.74, 6) is -0.950. The van der Waals surface area contributed by atoms with E-state index in [4.69, 9.17) is 5.11 Å². The molecule has 1 atom stereocenters. The number of rotatable bonds is 4. The highest BCUT2D eigenvalue weighted by Crippen LogP contribution is 2.25. The minimum atomic E-state index is -0.894. The van der Waals surface area contributed by atoms with E-state index in [2.05, 4.69) is 10.3 Å². The second kappa shape index (κ2) is 6.20. The molecule has 1 aromatic carbocycles. The molecule has 1 unspecified atom stereocenters. The summed E-state index contributed by atoms with van der Waals surface area (Å²) in [6.07, 6.45) is 0.725. The fourth-order valence-corrected chi connectivity index (χ4v) is 3.16. The van der Waals surface area contributed by atoms with Crippen molar-refractivity contribution in [3.63, 3.8) is 0 Å². The molecule has 0 radical (unpaired) electrons. The number of fused-ring (bicyclic) bond motifs is 1. The SMILES string of the molecule is Cc1ccc2cccc(C(=O)N3CCC(C)(NCC(=O)O)C3)c2n1. The van der Waals surface area contributed by atoms with Crippen molar-refractivity contribution in [1.82, 2.24) is 15.2 Å². The molecule has 6 nitrogen and oxygen atoms in total. The number of pyridine rings is 1. The van der Waals surface area contributed by atoms with Gasteiger partial charge in [0.1, 0.15) is 0 Å².